The van der Waals surface area contributed by atoms with Crippen LogP contribution in [0.2, 0.25) is 0 Å². The Labute approximate surface area is 109 Å². The number of amides is 1. The van der Waals surface area contributed by atoms with Crippen LogP contribution in [-0.2, 0) is 14.3 Å². The third-order valence-electron chi connectivity index (χ3n) is 2.60. The van der Waals surface area contributed by atoms with Crippen molar-refractivity contribution in [3.05, 3.63) is 0 Å². The molecule has 1 saturated heterocycles. The summed E-state index contributed by atoms with van der Waals surface area (Å²) in [6.07, 6.45) is 3.25. The maximum Gasteiger partial charge on any atom is 0.237 e. The van der Waals surface area contributed by atoms with Gasteiger partial charge in [-0.2, -0.15) is 0 Å². The van der Waals surface area contributed by atoms with Gasteiger partial charge in [-0.3, -0.25) is 4.79 Å². The largest absolute Gasteiger partial charge is 0.382 e. The third-order valence-corrected chi connectivity index (χ3v) is 2.60. The fourth-order valence-electron chi connectivity index (χ4n) is 1.69. The van der Waals surface area contributed by atoms with Crippen molar-refractivity contribution in [3.8, 4) is 0 Å². The van der Waals surface area contributed by atoms with Crippen molar-refractivity contribution in [2.45, 2.75) is 25.3 Å². The van der Waals surface area contributed by atoms with Crippen LogP contribution >= 0.6 is 12.4 Å². The zero-order valence-corrected chi connectivity index (χ0v) is 11.2. The minimum Gasteiger partial charge on any atom is -0.382 e. The number of piperidine rings is 1. The molecule has 1 fully saturated rings. The van der Waals surface area contributed by atoms with Gasteiger partial charge in [0, 0.05) is 13.7 Å². The lowest BCUT2D eigenvalue weighted by Crippen LogP contribution is -2.47. The highest BCUT2D eigenvalue weighted by Gasteiger charge is 2.19. The van der Waals surface area contributed by atoms with Gasteiger partial charge in [0.05, 0.1) is 25.9 Å². The van der Waals surface area contributed by atoms with Crippen LogP contribution in [0.4, 0.5) is 0 Å². The van der Waals surface area contributed by atoms with Gasteiger partial charge in [-0.25, -0.2) is 0 Å². The van der Waals surface area contributed by atoms with E-state index in [1.165, 1.54) is 6.42 Å². The summed E-state index contributed by atoms with van der Waals surface area (Å²) >= 11 is 0. The number of ether oxygens (including phenoxy) is 2. The molecule has 1 unspecified atom stereocenters. The number of hydrogen-bond acceptors (Lipinski definition) is 4. The van der Waals surface area contributed by atoms with E-state index < -0.39 is 0 Å². The van der Waals surface area contributed by atoms with Crippen LogP contribution in [-0.4, -0.2) is 52.0 Å². The van der Waals surface area contributed by atoms with E-state index in [0.29, 0.717) is 26.4 Å². The molecule has 0 radical (unpaired) electrons. The molecule has 17 heavy (non-hydrogen) atoms. The topological polar surface area (TPSA) is 59.6 Å². The van der Waals surface area contributed by atoms with Crippen LogP contribution in [0.3, 0.4) is 0 Å². The lowest BCUT2D eigenvalue weighted by molar-refractivity contribution is -0.123. The quantitative estimate of drug-likeness (QED) is 0.652. The molecule has 6 heteroatoms. The normalized spacial score (nSPS) is 19.5. The van der Waals surface area contributed by atoms with Gasteiger partial charge in [0.15, 0.2) is 0 Å². The van der Waals surface area contributed by atoms with Crippen molar-refractivity contribution in [2.24, 2.45) is 0 Å². The third kappa shape index (κ3) is 7.54. The van der Waals surface area contributed by atoms with E-state index in [0.717, 1.165) is 19.4 Å². The minimum absolute atomic E-state index is 0. The van der Waals surface area contributed by atoms with Crippen LogP contribution in [0.15, 0.2) is 0 Å². The van der Waals surface area contributed by atoms with E-state index in [9.17, 15) is 4.79 Å². The van der Waals surface area contributed by atoms with E-state index in [1.54, 1.807) is 7.11 Å². The lowest BCUT2D eigenvalue weighted by Gasteiger charge is -2.22. The summed E-state index contributed by atoms with van der Waals surface area (Å²) in [5.74, 6) is 0.0926. The van der Waals surface area contributed by atoms with E-state index >= 15 is 0 Å². The van der Waals surface area contributed by atoms with Crippen molar-refractivity contribution >= 4 is 18.3 Å². The highest BCUT2D eigenvalue weighted by atomic mass is 35.5. The molecule has 0 saturated carbocycles. The van der Waals surface area contributed by atoms with Gasteiger partial charge in [-0.1, -0.05) is 6.42 Å². The first-order chi connectivity index (χ1) is 7.84. The molecule has 1 atom stereocenters. The van der Waals surface area contributed by atoms with E-state index in [4.69, 9.17) is 9.47 Å². The Bertz CT molecular complexity index is 199. The molecule has 0 aromatic rings. The van der Waals surface area contributed by atoms with Crippen molar-refractivity contribution in [3.63, 3.8) is 0 Å². The second-order valence-electron chi connectivity index (χ2n) is 3.90. The summed E-state index contributed by atoms with van der Waals surface area (Å²) in [7, 11) is 1.64. The Morgan fingerprint density at radius 1 is 1.35 bits per heavy atom. The average molecular weight is 267 g/mol. The zero-order valence-electron chi connectivity index (χ0n) is 10.4. The van der Waals surface area contributed by atoms with Gasteiger partial charge >= 0.3 is 0 Å². The molecular formula is C11H23ClN2O3. The Kier molecular flexibility index (Phi) is 10.5. The second kappa shape index (κ2) is 10.8. The molecule has 1 amide bonds. The average Bonchev–Trinajstić information content (AvgIpc) is 2.34. The summed E-state index contributed by atoms with van der Waals surface area (Å²) in [4.78, 5) is 11.6. The van der Waals surface area contributed by atoms with Crippen LogP contribution < -0.4 is 10.6 Å². The van der Waals surface area contributed by atoms with Gasteiger partial charge in [-0.05, 0) is 19.4 Å². The smallest absolute Gasteiger partial charge is 0.237 e. The number of halogens is 1. The number of hydrogen-bond donors (Lipinski definition) is 2. The Morgan fingerprint density at radius 2 is 2.18 bits per heavy atom. The molecule has 2 N–H and O–H groups in total. The number of rotatable bonds is 7. The molecular weight excluding hydrogens is 244 g/mol. The van der Waals surface area contributed by atoms with Gasteiger partial charge in [-0.15, -0.1) is 12.4 Å². The van der Waals surface area contributed by atoms with Crippen molar-refractivity contribution in [1.29, 1.82) is 0 Å². The molecule has 1 heterocycles. The lowest BCUT2D eigenvalue weighted by atomic mass is 10.0. The number of nitrogens with one attached hydrogen (secondary N) is 2. The summed E-state index contributed by atoms with van der Waals surface area (Å²) in [5.41, 5.74) is 0. The zero-order chi connectivity index (χ0) is 11.6. The second-order valence-corrected chi connectivity index (χ2v) is 3.90. The van der Waals surface area contributed by atoms with Gasteiger partial charge < -0.3 is 20.1 Å². The molecule has 0 spiro atoms. The van der Waals surface area contributed by atoms with Crippen molar-refractivity contribution in [2.75, 3.05) is 40.0 Å². The number of methoxy groups -OCH3 is 1. The summed E-state index contributed by atoms with van der Waals surface area (Å²) in [6, 6.07) is -0.00674. The molecule has 1 rings (SSSR count). The van der Waals surface area contributed by atoms with Crippen LogP contribution in [0.25, 0.3) is 0 Å². The highest BCUT2D eigenvalue weighted by molar-refractivity contribution is 5.85. The Morgan fingerprint density at radius 3 is 2.82 bits per heavy atom. The van der Waals surface area contributed by atoms with E-state index in [2.05, 4.69) is 10.6 Å². The maximum absolute atomic E-state index is 11.6. The summed E-state index contributed by atoms with van der Waals surface area (Å²) in [6.45, 7) is 3.23. The van der Waals surface area contributed by atoms with Crippen LogP contribution in [0.1, 0.15) is 19.3 Å². The molecule has 102 valence electrons. The fourth-order valence-corrected chi connectivity index (χ4v) is 1.69. The molecule has 0 aromatic heterocycles. The molecule has 0 bridgehead atoms. The minimum atomic E-state index is -0.00674. The van der Waals surface area contributed by atoms with Crippen LogP contribution in [0.5, 0.6) is 0 Å². The van der Waals surface area contributed by atoms with Gasteiger partial charge in [0.25, 0.3) is 0 Å². The van der Waals surface area contributed by atoms with E-state index in [-0.39, 0.29) is 24.4 Å². The number of carbonyl (C=O) groups excluding carboxylic acids is 1. The molecule has 0 aliphatic carbocycles. The predicted octanol–water partition coefficient (Wildman–Crippen LogP) is 0.330. The molecule has 0 aromatic carbocycles. The predicted molar refractivity (Wildman–Crippen MR) is 68.6 cm³/mol. The monoisotopic (exact) mass is 266 g/mol. The fraction of sp³-hybridized carbons (Fsp3) is 0.909. The summed E-state index contributed by atoms with van der Waals surface area (Å²) in [5, 5.41) is 6.07. The van der Waals surface area contributed by atoms with E-state index in [1.807, 2.05) is 0 Å². The standard InChI is InChI=1S/C11H22N2O3.ClH/c1-15-8-9-16-7-6-13-11(14)10-4-2-3-5-12-10;/h10,12H,2-9H2,1H3,(H,13,14);1H. The molecule has 1 aliphatic rings. The van der Waals surface area contributed by atoms with Crippen molar-refractivity contribution < 1.29 is 14.3 Å². The van der Waals surface area contributed by atoms with Gasteiger partial charge in [0.2, 0.25) is 5.91 Å². The first-order valence-corrected chi connectivity index (χ1v) is 5.92. The highest BCUT2D eigenvalue weighted by Crippen LogP contribution is 2.06. The number of carbonyl (C=O) groups is 1. The van der Waals surface area contributed by atoms with Crippen molar-refractivity contribution in [1.82, 2.24) is 10.6 Å². The first-order valence-electron chi connectivity index (χ1n) is 5.92. The Balaban J connectivity index is 0.00000256. The molecule has 5 nitrogen and oxygen atoms in total. The first kappa shape index (κ1) is 16.6. The SMILES string of the molecule is COCCOCCNC(=O)C1CCCCN1.Cl. The maximum atomic E-state index is 11.6. The Hall–Kier alpha value is -0.360. The van der Waals surface area contributed by atoms with Gasteiger partial charge in [0.1, 0.15) is 0 Å². The molecule has 1 aliphatic heterocycles. The van der Waals surface area contributed by atoms with Crippen LogP contribution in [0, 0.1) is 0 Å². The summed E-state index contributed by atoms with van der Waals surface area (Å²) < 4.78 is 10.1.